The quantitative estimate of drug-likeness (QED) is 0.364. The number of hydrogen-bond acceptors (Lipinski definition) is 4. The van der Waals surface area contributed by atoms with Gasteiger partial charge in [0.05, 0.1) is 11.7 Å². The minimum Gasteiger partial charge on any atom is -0.358 e. The maximum atomic E-state index is 12.0. The third kappa shape index (κ3) is 5.60. The number of piperidine rings is 1. The summed E-state index contributed by atoms with van der Waals surface area (Å²) in [4.78, 5) is 12.0. The fourth-order valence-corrected chi connectivity index (χ4v) is 3.33. The Balaban J connectivity index is 2.47. The van der Waals surface area contributed by atoms with Crippen LogP contribution in [0.2, 0.25) is 0 Å². The molecule has 1 saturated heterocycles. The van der Waals surface area contributed by atoms with Crippen molar-refractivity contribution in [1.82, 2.24) is 20.5 Å². The van der Waals surface area contributed by atoms with Crippen molar-refractivity contribution < 1.29 is 13.2 Å². The molecule has 9 heteroatoms. The van der Waals surface area contributed by atoms with E-state index in [1.54, 1.807) is 13.0 Å². The highest BCUT2D eigenvalue weighted by molar-refractivity contribution is 7.89. The standard InChI is InChI=1S/C12H22N4O3S2/c1-3-7-13-12(20)15-14-11(17)10-6-5-8-16(9-10)21(18,19)4-2/h3,10H,1,4-9H2,2H3,(H,14,17)(H2,13,15,20)/t10-/m0/s1. The van der Waals surface area contributed by atoms with E-state index < -0.39 is 10.0 Å². The number of carbonyl (C=O) groups is 1. The summed E-state index contributed by atoms with van der Waals surface area (Å²) in [6.07, 6.45) is 2.98. The first-order valence-corrected chi connectivity index (χ1v) is 8.85. The lowest BCUT2D eigenvalue weighted by atomic mass is 9.99. The first-order chi connectivity index (χ1) is 9.90. The van der Waals surface area contributed by atoms with Crippen molar-refractivity contribution in [3.8, 4) is 0 Å². The molecule has 0 spiro atoms. The van der Waals surface area contributed by atoms with Gasteiger partial charge in [0.15, 0.2) is 5.11 Å². The normalized spacial score (nSPS) is 19.6. The van der Waals surface area contributed by atoms with Crippen molar-refractivity contribution in [3.63, 3.8) is 0 Å². The van der Waals surface area contributed by atoms with Crippen LogP contribution in [0.15, 0.2) is 12.7 Å². The number of carbonyl (C=O) groups excluding carboxylic acids is 1. The van der Waals surface area contributed by atoms with E-state index in [1.807, 2.05) is 0 Å². The maximum absolute atomic E-state index is 12.0. The van der Waals surface area contributed by atoms with Crippen LogP contribution in [0.3, 0.4) is 0 Å². The van der Waals surface area contributed by atoms with Crippen LogP contribution < -0.4 is 16.2 Å². The van der Waals surface area contributed by atoms with Crippen molar-refractivity contribution in [2.24, 2.45) is 5.92 Å². The molecule has 0 aromatic heterocycles. The molecule has 1 aliphatic rings. The first kappa shape index (κ1) is 17.9. The zero-order valence-electron chi connectivity index (χ0n) is 12.1. The molecule has 1 rings (SSSR count). The molecular formula is C12H22N4O3S2. The molecule has 120 valence electrons. The Morgan fingerprint density at radius 1 is 1.48 bits per heavy atom. The van der Waals surface area contributed by atoms with Gasteiger partial charge in [-0.05, 0) is 32.0 Å². The monoisotopic (exact) mass is 334 g/mol. The molecule has 1 atom stereocenters. The Kier molecular flexibility index (Phi) is 7.06. The van der Waals surface area contributed by atoms with Gasteiger partial charge in [0.1, 0.15) is 0 Å². The second-order valence-corrected chi connectivity index (χ2v) is 7.38. The van der Waals surface area contributed by atoms with Gasteiger partial charge in [0, 0.05) is 19.6 Å². The zero-order valence-corrected chi connectivity index (χ0v) is 13.7. The van der Waals surface area contributed by atoms with Gasteiger partial charge in [0.25, 0.3) is 0 Å². The molecule has 0 bridgehead atoms. The van der Waals surface area contributed by atoms with E-state index in [4.69, 9.17) is 12.2 Å². The van der Waals surface area contributed by atoms with E-state index in [2.05, 4.69) is 22.7 Å². The van der Waals surface area contributed by atoms with E-state index in [-0.39, 0.29) is 29.2 Å². The van der Waals surface area contributed by atoms with E-state index in [0.29, 0.717) is 25.9 Å². The van der Waals surface area contributed by atoms with Crippen molar-refractivity contribution in [1.29, 1.82) is 0 Å². The lowest BCUT2D eigenvalue weighted by Gasteiger charge is -2.30. The smallest absolute Gasteiger partial charge is 0.242 e. The molecule has 0 unspecified atom stereocenters. The summed E-state index contributed by atoms with van der Waals surface area (Å²) in [6, 6.07) is 0. The molecule has 1 amide bonds. The first-order valence-electron chi connectivity index (χ1n) is 6.83. The van der Waals surface area contributed by atoms with E-state index in [1.165, 1.54) is 4.31 Å². The molecule has 0 saturated carbocycles. The number of hydrazine groups is 1. The summed E-state index contributed by atoms with van der Waals surface area (Å²) in [6.45, 7) is 6.33. The molecule has 0 aliphatic carbocycles. The number of nitrogens with zero attached hydrogens (tertiary/aromatic N) is 1. The van der Waals surface area contributed by atoms with Gasteiger partial charge >= 0.3 is 0 Å². The number of nitrogens with one attached hydrogen (secondary N) is 3. The largest absolute Gasteiger partial charge is 0.358 e. The highest BCUT2D eigenvalue weighted by atomic mass is 32.2. The van der Waals surface area contributed by atoms with Crippen LogP contribution in [0.25, 0.3) is 0 Å². The Morgan fingerprint density at radius 3 is 2.81 bits per heavy atom. The van der Waals surface area contributed by atoms with Crippen molar-refractivity contribution in [2.45, 2.75) is 19.8 Å². The number of amides is 1. The van der Waals surface area contributed by atoms with Crippen LogP contribution in [0, 0.1) is 5.92 Å². The number of sulfonamides is 1. The van der Waals surface area contributed by atoms with Crippen LogP contribution in [-0.2, 0) is 14.8 Å². The molecule has 3 N–H and O–H groups in total. The highest BCUT2D eigenvalue weighted by Gasteiger charge is 2.31. The maximum Gasteiger partial charge on any atom is 0.242 e. The summed E-state index contributed by atoms with van der Waals surface area (Å²) < 4.78 is 25.1. The van der Waals surface area contributed by atoms with Crippen LogP contribution in [0.5, 0.6) is 0 Å². The van der Waals surface area contributed by atoms with Gasteiger partial charge in [-0.1, -0.05) is 6.08 Å². The molecule has 1 aliphatic heterocycles. The topological polar surface area (TPSA) is 90.5 Å². The van der Waals surface area contributed by atoms with Crippen molar-refractivity contribution >= 4 is 33.3 Å². The molecule has 0 radical (unpaired) electrons. The molecule has 0 aromatic rings. The van der Waals surface area contributed by atoms with Gasteiger partial charge in [-0.25, -0.2) is 12.7 Å². The van der Waals surface area contributed by atoms with Gasteiger partial charge in [-0.3, -0.25) is 15.6 Å². The number of rotatable bonds is 5. The molecule has 7 nitrogen and oxygen atoms in total. The predicted molar refractivity (Wildman–Crippen MR) is 85.8 cm³/mol. The van der Waals surface area contributed by atoms with Crippen molar-refractivity contribution in [3.05, 3.63) is 12.7 Å². The summed E-state index contributed by atoms with van der Waals surface area (Å²) in [5, 5.41) is 3.10. The fourth-order valence-electron chi connectivity index (χ4n) is 2.02. The average Bonchev–Trinajstić information content (AvgIpc) is 2.50. The zero-order chi connectivity index (χ0) is 15.9. The van der Waals surface area contributed by atoms with E-state index >= 15 is 0 Å². The Morgan fingerprint density at radius 2 is 2.19 bits per heavy atom. The Hall–Kier alpha value is -1.19. The minimum absolute atomic E-state index is 0.0507. The minimum atomic E-state index is -3.25. The van der Waals surface area contributed by atoms with E-state index in [9.17, 15) is 13.2 Å². The Bertz CT molecular complexity index is 493. The fraction of sp³-hybridized carbons (Fsp3) is 0.667. The van der Waals surface area contributed by atoms with Gasteiger partial charge in [-0.2, -0.15) is 0 Å². The lowest BCUT2D eigenvalue weighted by molar-refractivity contribution is -0.126. The second kappa shape index (κ2) is 8.30. The van der Waals surface area contributed by atoms with Gasteiger partial charge in [-0.15, -0.1) is 6.58 Å². The molecular weight excluding hydrogens is 312 g/mol. The third-order valence-electron chi connectivity index (χ3n) is 3.22. The molecule has 21 heavy (non-hydrogen) atoms. The second-order valence-electron chi connectivity index (χ2n) is 4.71. The van der Waals surface area contributed by atoms with Gasteiger partial charge in [0.2, 0.25) is 15.9 Å². The summed E-state index contributed by atoms with van der Waals surface area (Å²) in [7, 11) is -3.25. The van der Waals surface area contributed by atoms with Crippen LogP contribution in [0.1, 0.15) is 19.8 Å². The summed E-state index contributed by atoms with van der Waals surface area (Å²) in [5.74, 6) is -0.571. The molecule has 1 fully saturated rings. The number of hydrogen-bond donors (Lipinski definition) is 3. The SMILES string of the molecule is C=CCNC(=S)NNC(=O)[C@H]1CCCN(S(=O)(=O)CC)C1. The van der Waals surface area contributed by atoms with Crippen LogP contribution in [0.4, 0.5) is 0 Å². The van der Waals surface area contributed by atoms with Crippen molar-refractivity contribution in [2.75, 3.05) is 25.4 Å². The molecule has 0 aromatic carbocycles. The van der Waals surface area contributed by atoms with E-state index in [0.717, 1.165) is 0 Å². The summed E-state index contributed by atoms with van der Waals surface area (Å²) >= 11 is 4.95. The van der Waals surface area contributed by atoms with Crippen LogP contribution in [-0.4, -0.2) is 49.1 Å². The predicted octanol–water partition coefficient (Wildman–Crippen LogP) is -0.271. The lowest BCUT2D eigenvalue weighted by Crippen LogP contribution is -2.52. The highest BCUT2D eigenvalue weighted by Crippen LogP contribution is 2.19. The molecule has 1 heterocycles. The van der Waals surface area contributed by atoms with Gasteiger partial charge < -0.3 is 5.32 Å². The Labute approximate surface area is 131 Å². The third-order valence-corrected chi connectivity index (χ3v) is 5.31. The average molecular weight is 334 g/mol. The van der Waals surface area contributed by atoms with Crippen LogP contribution >= 0.6 is 12.2 Å². The number of thiocarbonyl (C=S) groups is 1. The summed E-state index contributed by atoms with van der Waals surface area (Å²) in [5.41, 5.74) is 5.09.